The van der Waals surface area contributed by atoms with Gasteiger partial charge in [-0.2, -0.15) is 0 Å². The van der Waals surface area contributed by atoms with Gasteiger partial charge in [0, 0.05) is 22.3 Å². The number of hydrogen-bond donors (Lipinski definition) is 1. The van der Waals surface area contributed by atoms with Crippen LogP contribution in [0.3, 0.4) is 0 Å². The molecule has 0 saturated carbocycles. The predicted octanol–water partition coefficient (Wildman–Crippen LogP) is 3.52. The number of methoxy groups -OCH3 is 1. The molecule has 0 aliphatic rings. The predicted molar refractivity (Wildman–Crippen MR) is 105 cm³/mol. The summed E-state index contributed by atoms with van der Waals surface area (Å²) in [6.07, 6.45) is 0. The minimum absolute atomic E-state index is 0.178. The molecule has 0 saturated heterocycles. The van der Waals surface area contributed by atoms with Crippen LogP contribution in [0.1, 0.15) is 5.69 Å². The van der Waals surface area contributed by atoms with E-state index in [0.29, 0.717) is 33.5 Å². The highest BCUT2D eigenvalue weighted by Gasteiger charge is 2.14. The average Bonchev–Trinajstić information content (AvgIpc) is 2.65. The fourth-order valence-electron chi connectivity index (χ4n) is 2.67. The number of anilines is 1. The minimum atomic E-state index is -0.359. The maximum atomic E-state index is 12.5. The van der Waals surface area contributed by atoms with Gasteiger partial charge in [0.25, 0.3) is 5.56 Å². The van der Waals surface area contributed by atoms with Gasteiger partial charge in [0.05, 0.1) is 12.8 Å². The molecule has 6 nitrogen and oxygen atoms in total. The van der Waals surface area contributed by atoms with Crippen molar-refractivity contribution in [3.8, 4) is 17.1 Å². The first-order valence-corrected chi connectivity index (χ1v) is 8.63. The number of ether oxygens (including phenoxy) is 1. The molecule has 1 aromatic heterocycles. The fourth-order valence-corrected chi connectivity index (χ4v) is 2.80. The monoisotopic (exact) mass is 383 g/mol. The Labute approximate surface area is 161 Å². The topological polar surface area (TPSA) is 73.2 Å². The van der Waals surface area contributed by atoms with Gasteiger partial charge in [-0.1, -0.05) is 23.7 Å². The molecule has 138 valence electrons. The van der Waals surface area contributed by atoms with Crippen molar-refractivity contribution in [2.24, 2.45) is 0 Å². The van der Waals surface area contributed by atoms with Gasteiger partial charge in [-0.15, -0.1) is 0 Å². The molecule has 0 aliphatic carbocycles. The van der Waals surface area contributed by atoms with Crippen LogP contribution in [0.5, 0.6) is 5.75 Å². The molecule has 2 aromatic carbocycles. The maximum absolute atomic E-state index is 12.5. The van der Waals surface area contributed by atoms with E-state index in [0.717, 1.165) is 0 Å². The second-order valence-corrected chi connectivity index (χ2v) is 6.34. The van der Waals surface area contributed by atoms with E-state index in [1.807, 2.05) is 6.07 Å². The molecule has 0 atom stereocenters. The van der Waals surface area contributed by atoms with Crippen molar-refractivity contribution >= 4 is 23.2 Å². The number of nitrogens with one attached hydrogen (secondary N) is 1. The summed E-state index contributed by atoms with van der Waals surface area (Å²) in [6.45, 7) is 1.56. The standard InChI is InChI=1S/C20H18ClN3O3/c1-13-11-19(26)24(20(22-13)14-7-9-15(21)10-8-14)12-18(25)23-16-5-3-4-6-17(16)27-2/h3-11H,12H2,1-2H3,(H,23,25). The molecule has 1 heterocycles. The highest BCUT2D eigenvalue weighted by molar-refractivity contribution is 6.30. The number of hydrogen-bond acceptors (Lipinski definition) is 4. The van der Waals surface area contributed by atoms with E-state index < -0.39 is 0 Å². The largest absolute Gasteiger partial charge is 0.495 e. The van der Waals surface area contributed by atoms with E-state index in [1.54, 1.807) is 49.4 Å². The molecular weight excluding hydrogens is 366 g/mol. The van der Waals surface area contributed by atoms with Crippen molar-refractivity contribution in [1.82, 2.24) is 9.55 Å². The van der Waals surface area contributed by atoms with E-state index in [2.05, 4.69) is 10.3 Å². The van der Waals surface area contributed by atoms with Crippen LogP contribution in [0.15, 0.2) is 59.4 Å². The SMILES string of the molecule is COc1ccccc1NC(=O)Cn1c(-c2ccc(Cl)cc2)nc(C)cc1=O. The highest BCUT2D eigenvalue weighted by Crippen LogP contribution is 2.23. The van der Waals surface area contributed by atoms with Gasteiger partial charge in [-0.05, 0) is 43.3 Å². The Hall–Kier alpha value is -3.12. The lowest BCUT2D eigenvalue weighted by molar-refractivity contribution is -0.116. The number of nitrogens with zero attached hydrogens (tertiary/aromatic N) is 2. The summed E-state index contributed by atoms with van der Waals surface area (Å²) < 4.78 is 6.57. The third-order valence-electron chi connectivity index (χ3n) is 3.92. The lowest BCUT2D eigenvalue weighted by Crippen LogP contribution is -2.29. The van der Waals surface area contributed by atoms with E-state index in [9.17, 15) is 9.59 Å². The molecule has 27 heavy (non-hydrogen) atoms. The Morgan fingerprint density at radius 1 is 1.19 bits per heavy atom. The van der Waals surface area contributed by atoms with Crippen LogP contribution in [-0.4, -0.2) is 22.6 Å². The molecule has 1 N–H and O–H groups in total. The minimum Gasteiger partial charge on any atom is -0.495 e. The van der Waals surface area contributed by atoms with Crippen LogP contribution >= 0.6 is 11.6 Å². The Kier molecular flexibility index (Phi) is 5.57. The molecule has 0 fully saturated rings. The summed E-state index contributed by atoms with van der Waals surface area (Å²) in [5.41, 5.74) is 1.51. The molecule has 1 amide bonds. The summed E-state index contributed by atoms with van der Waals surface area (Å²) in [5, 5.41) is 3.34. The molecule has 0 radical (unpaired) electrons. The first-order chi connectivity index (χ1) is 13.0. The lowest BCUT2D eigenvalue weighted by Gasteiger charge is -2.14. The van der Waals surface area contributed by atoms with Crippen LogP contribution in [-0.2, 0) is 11.3 Å². The molecule has 0 spiro atoms. The maximum Gasteiger partial charge on any atom is 0.254 e. The smallest absolute Gasteiger partial charge is 0.254 e. The number of halogens is 1. The summed E-state index contributed by atoms with van der Waals surface area (Å²) in [4.78, 5) is 29.5. The Morgan fingerprint density at radius 2 is 1.89 bits per heavy atom. The summed E-state index contributed by atoms with van der Waals surface area (Å²) in [6, 6.07) is 15.4. The molecular formula is C20H18ClN3O3. The van der Waals surface area contributed by atoms with Gasteiger partial charge in [0.15, 0.2) is 0 Å². The molecule has 7 heteroatoms. The molecule has 0 bridgehead atoms. The zero-order valence-corrected chi connectivity index (χ0v) is 15.7. The van der Waals surface area contributed by atoms with E-state index in [4.69, 9.17) is 16.3 Å². The van der Waals surface area contributed by atoms with Crippen LogP contribution in [0.25, 0.3) is 11.4 Å². The Morgan fingerprint density at radius 3 is 2.59 bits per heavy atom. The second kappa shape index (κ2) is 8.05. The van der Waals surface area contributed by atoms with E-state index in [-0.39, 0.29) is 18.0 Å². The van der Waals surface area contributed by atoms with Crippen molar-refractivity contribution in [2.45, 2.75) is 13.5 Å². The van der Waals surface area contributed by atoms with E-state index >= 15 is 0 Å². The zero-order chi connectivity index (χ0) is 19.4. The Bertz CT molecular complexity index is 1030. The first-order valence-electron chi connectivity index (χ1n) is 8.25. The Balaban J connectivity index is 1.93. The molecule has 3 rings (SSSR count). The number of carbonyl (C=O) groups is 1. The van der Waals surface area contributed by atoms with Crippen LogP contribution in [0.4, 0.5) is 5.69 Å². The van der Waals surface area contributed by atoms with Crippen LogP contribution < -0.4 is 15.6 Å². The zero-order valence-electron chi connectivity index (χ0n) is 14.9. The van der Waals surface area contributed by atoms with Crippen molar-refractivity contribution in [2.75, 3.05) is 12.4 Å². The third-order valence-corrected chi connectivity index (χ3v) is 4.17. The fraction of sp³-hybridized carbons (Fsp3) is 0.150. The molecule has 0 aliphatic heterocycles. The highest BCUT2D eigenvalue weighted by atomic mass is 35.5. The van der Waals surface area contributed by atoms with E-state index in [1.165, 1.54) is 17.7 Å². The third kappa shape index (κ3) is 4.35. The number of aromatic nitrogens is 2. The van der Waals surface area contributed by atoms with Crippen molar-refractivity contribution < 1.29 is 9.53 Å². The number of rotatable bonds is 5. The van der Waals surface area contributed by atoms with Gasteiger partial charge in [0.2, 0.25) is 5.91 Å². The van der Waals surface area contributed by atoms with Crippen LogP contribution in [0, 0.1) is 6.92 Å². The lowest BCUT2D eigenvalue weighted by atomic mass is 10.2. The number of aryl methyl sites for hydroxylation is 1. The molecule has 3 aromatic rings. The number of para-hydroxylation sites is 2. The summed E-state index contributed by atoms with van der Waals surface area (Å²) in [5.74, 6) is 0.590. The second-order valence-electron chi connectivity index (χ2n) is 5.90. The average molecular weight is 384 g/mol. The first kappa shape index (κ1) is 18.7. The van der Waals surface area contributed by atoms with Crippen molar-refractivity contribution in [3.05, 3.63) is 75.7 Å². The van der Waals surface area contributed by atoms with Gasteiger partial charge < -0.3 is 10.1 Å². The quantitative estimate of drug-likeness (QED) is 0.731. The number of benzene rings is 2. The van der Waals surface area contributed by atoms with Gasteiger partial charge in [-0.3, -0.25) is 14.2 Å². The normalized spacial score (nSPS) is 10.5. The van der Waals surface area contributed by atoms with Crippen LogP contribution in [0.2, 0.25) is 5.02 Å². The molecule has 0 unspecified atom stereocenters. The van der Waals surface area contributed by atoms with Gasteiger partial charge in [0.1, 0.15) is 18.1 Å². The summed E-state index contributed by atoms with van der Waals surface area (Å²) >= 11 is 5.94. The van der Waals surface area contributed by atoms with Crippen molar-refractivity contribution in [3.63, 3.8) is 0 Å². The number of carbonyl (C=O) groups excluding carboxylic acids is 1. The number of amides is 1. The van der Waals surface area contributed by atoms with Gasteiger partial charge in [-0.25, -0.2) is 4.98 Å². The summed E-state index contributed by atoms with van der Waals surface area (Å²) in [7, 11) is 1.53. The van der Waals surface area contributed by atoms with Gasteiger partial charge >= 0.3 is 0 Å². The van der Waals surface area contributed by atoms with Crippen molar-refractivity contribution in [1.29, 1.82) is 0 Å².